The third-order valence-electron chi connectivity index (χ3n) is 4.30. The summed E-state index contributed by atoms with van der Waals surface area (Å²) < 4.78 is 0. The van der Waals surface area contributed by atoms with Crippen LogP contribution in [0.5, 0.6) is 0 Å². The van der Waals surface area contributed by atoms with E-state index in [1.54, 1.807) is 24.3 Å². The molecule has 1 atom stereocenters. The number of hydrogen-bond acceptors (Lipinski definition) is 7. The van der Waals surface area contributed by atoms with Gasteiger partial charge in [0.15, 0.2) is 5.69 Å². The summed E-state index contributed by atoms with van der Waals surface area (Å²) in [5, 5.41) is 9.12. The van der Waals surface area contributed by atoms with Gasteiger partial charge in [0.2, 0.25) is 12.4 Å². The molecule has 28 heavy (non-hydrogen) atoms. The average molecular weight is 385 g/mol. The van der Waals surface area contributed by atoms with Crippen LogP contribution in [-0.4, -0.2) is 47.5 Å². The van der Waals surface area contributed by atoms with E-state index in [1.165, 1.54) is 4.90 Å². The van der Waals surface area contributed by atoms with Crippen molar-refractivity contribution >= 4 is 35.5 Å². The highest BCUT2D eigenvalue weighted by Crippen LogP contribution is 2.25. The Morgan fingerprint density at radius 2 is 2.11 bits per heavy atom. The van der Waals surface area contributed by atoms with Crippen LogP contribution in [0.3, 0.4) is 0 Å². The molecule has 1 aromatic carbocycles. The van der Waals surface area contributed by atoms with Crippen molar-refractivity contribution in [2.24, 2.45) is 0 Å². The minimum atomic E-state index is -0.573. The van der Waals surface area contributed by atoms with Crippen LogP contribution in [0.2, 0.25) is 0 Å². The quantitative estimate of drug-likeness (QED) is 0.451. The fourth-order valence-corrected chi connectivity index (χ4v) is 2.98. The van der Waals surface area contributed by atoms with E-state index < -0.39 is 5.56 Å². The molecule has 6 N–H and O–H groups in total. The van der Waals surface area contributed by atoms with E-state index in [2.05, 4.69) is 25.9 Å². The lowest BCUT2D eigenvalue weighted by atomic mass is 10.1. The van der Waals surface area contributed by atoms with Gasteiger partial charge in [-0.2, -0.15) is 4.98 Å². The molecule has 148 valence electrons. The van der Waals surface area contributed by atoms with Crippen molar-refractivity contribution in [1.29, 1.82) is 0 Å². The van der Waals surface area contributed by atoms with Crippen LogP contribution in [-0.2, 0) is 4.79 Å². The Balaban J connectivity index is 1.68. The molecule has 1 aromatic heterocycles. The van der Waals surface area contributed by atoms with E-state index in [-0.39, 0.29) is 29.6 Å². The van der Waals surface area contributed by atoms with Gasteiger partial charge in [-0.3, -0.25) is 14.4 Å². The van der Waals surface area contributed by atoms with E-state index in [0.717, 1.165) is 5.69 Å². The molecular formula is C18H23N7O3. The molecule has 2 amide bonds. The van der Waals surface area contributed by atoms with Crippen molar-refractivity contribution in [2.75, 3.05) is 34.4 Å². The van der Waals surface area contributed by atoms with Gasteiger partial charge in [0.1, 0.15) is 5.82 Å². The molecule has 1 aliphatic rings. The number of rotatable bonds is 6. The van der Waals surface area contributed by atoms with Crippen LogP contribution in [0.25, 0.3) is 0 Å². The highest BCUT2D eigenvalue weighted by atomic mass is 16.2. The molecule has 10 heteroatoms. The number of carbonyl (C=O) groups is 2. The van der Waals surface area contributed by atoms with Crippen LogP contribution in [0, 0.1) is 0 Å². The largest absolute Gasteiger partial charge is 0.383 e. The minimum absolute atomic E-state index is 0.0136. The van der Waals surface area contributed by atoms with Crippen LogP contribution >= 0.6 is 0 Å². The Bertz CT molecular complexity index is 924. The van der Waals surface area contributed by atoms with Gasteiger partial charge in [-0.15, -0.1) is 0 Å². The van der Waals surface area contributed by atoms with E-state index in [1.807, 2.05) is 13.8 Å². The van der Waals surface area contributed by atoms with E-state index >= 15 is 0 Å². The fourth-order valence-electron chi connectivity index (χ4n) is 2.98. The second-order valence-corrected chi connectivity index (χ2v) is 6.78. The van der Waals surface area contributed by atoms with Crippen LogP contribution < -0.4 is 32.1 Å². The first kappa shape index (κ1) is 19.2. The van der Waals surface area contributed by atoms with Gasteiger partial charge >= 0.3 is 5.56 Å². The van der Waals surface area contributed by atoms with Crippen molar-refractivity contribution in [2.45, 2.75) is 25.9 Å². The van der Waals surface area contributed by atoms with Gasteiger partial charge in [-0.05, 0) is 38.1 Å². The molecule has 1 unspecified atom stereocenters. The summed E-state index contributed by atoms with van der Waals surface area (Å²) >= 11 is 0. The highest BCUT2D eigenvalue weighted by molar-refractivity contribution is 5.94. The maximum absolute atomic E-state index is 12.1. The number of nitrogens with zero attached hydrogens (tertiary/aromatic N) is 2. The number of nitrogen functional groups attached to an aromatic ring is 1. The zero-order valence-corrected chi connectivity index (χ0v) is 15.7. The average Bonchev–Trinajstić information content (AvgIpc) is 2.65. The van der Waals surface area contributed by atoms with Gasteiger partial charge in [-0.1, -0.05) is 0 Å². The first-order valence-electron chi connectivity index (χ1n) is 8.91. The third kappa shape index (κ3) is 4.05. The van der Waals surface area contributed by atoms with Gasteiger partial charge in [-0.25, -0.2) is 0 Å². The molecule has 0 spiro atoms. The van der Waals surface area contributed by atoms with Crippen LogP contribution in [0.15, 0.2) is 29.1 Å². The number of nitrogens with two attached hydrogens (primary N) is 1. The Hall–Kier alpha value is -3.56. The Morgan fingerprint density at radius 3 is 2.75 bits per heavy atom. The summed E-state index contributed by atoms with van der Waals surface area (Å²) in [5.41, 5.74) is 6.47. The molecule has 0 saturated heterocycles. The fraction of sp³-hybridized carbons (Fsp3) is 0.333. The SMILES string of the molecule is CC(C)NC(=O)c1ccc(NCC2CNc3[nH]c(N)nc(=O)c3N2C=O)cc1. The number of amides is 2. The summed E-state index contributed by atoms with van der Waals surface area (Å²) in [6.07, 6.45) is 0.610. The standard InChI is InChI=1S/C18H23N7O3/c1-10(2)22-16(27)11-3-5-12(6-4-11)20-7-13-8-21-15-14(25(13)9-26)17(28)24-18(19)23-15/h3-6,9-10,13,20H,7-8H2,1-2H3,(H,22,27)(H4,19,21,23,24,28). The van der Waals surface area contributed by atoms with E-state index in [4.69, 9.17) is 5.73 Å². The molecule has 0 bridgehead atoms. The first-order chi connectivity index (χ1) is 13.4. The molecule has 2 heterocycles. The van der Waals surface area contributed by atoms with Crippen LogP contribution in [0.1, 0.15) is 24.2 Å². The van der Waals surface area contributed by atoms with Gasteiger partial charge in [0.25, 0.3) is 5.91 Å². The van der Waals surface area contributed by atoms with E-state index in [0.29, 0.717) is 30.9 Å². The van der Waals surface area contributed by atoms with Crippen molar-refractivity contribution in [1.82, 2.24) is 15.3 Å². The third-order valence-corrected chi connectivity index (χ3v) is 4.30. The number of aromatic amines is 1. The number of anilines is 4. The number of hydrogen-bond donors (Lipinski definition) is 5. The molecule has 0 fully saturated rings. The van der Waals surface area contributed by atoms with Gasteiger partial charge < -0.3 is 31.6 Å². The zero-order valence-electron chi connectivity index (χ0n) is 15.7. The van der Waals surface area contributed by atoms with Crippen LogP contribution in [0.4, 0.5) is 23.1 Å². The Labute approximate surface area is 161 Å². The molecule has 2 aromatic rings. The predicted octanol–water partition coefficient (Wildman–Crippen LogP) is 0.359. The lowest BCUT2D eigenvalue weighted by molar-refractivity contribution is -0.107. The lowest BCUT2D eigenvalue weighted by Gasteiger charge is -2.34. The second-order valence-electron chi connectivity index (χ2n) is 6.78. The monoisotopic (exact) mass is 385 g/mol. The number of H-pyrrole nitrogens is 1. The number of benzene rings is 1. The molecule has 0 radical (unpaired) electrons. The summed E-state index contributed by atoms with van der Waals surface area (Å²) in [4.78, 5) is 43.5. The minimum Gasteiger partial charge on any atom is -0.383 e. The summed E-state index contributed by atoms with van der Waals surface area (Å²) in [6.45, 7) is 4.62. The number of nitrogens with one attached hydrogen (secondary N) is 4. The van der Waals surface area contributed by atoms with Crippen molar-refractivity contribution in [3.8, 4) is 0 Å². The maximum Gasteiger partial charge on any atom is 0.300 e. The van der Waals surface area contributed by atoms with Crippen molar-refractivity contribution < 1.29 is 9.59 Å². The number of fused-ring (bicyclic) bond motifs is 1. The number of aromatic nitrogens is 2. The highest BCUT2D eigenvalue weighted by Gasteiger charge is 2.29. The zero-order chi connectivity index (χ0) is 20.3. The summed E-state index contributed by atoms with van der Waals surface area (Å²) in [5.74, 6) is 0.231. The van der Waals surface area contributed by atoms with E-state index in [9.17, 15) is 14.4 Å². The Morgan fingerprint density at radius 1 is 1.39 bits per heavy atom. The Kier molecular flexibility index (Phi) is 5.48. The first-order valence-corrected chi connectivity index (χ1v) is 8.91. The second kappa shape index (κ2) is 7.99. The topological polar surface area (TPSA) is 145 Å². The molecular weight excluding hydrogens is 362 g/mol. The number of carbonyl (C=O) groups excluding carboxylic acids is 2. The molecule has 0 saturated carbocycles. The lowest BCUT2D eigenvalue weighted by Crippen LogP contribution is -2.50. The molecule has 0 aliphatic carbocycles. The van der Waals surface area contributed by atoms with Crippen molar-refractivity contribution in [3.63, 3.8) is 0 Å². The maximum atomic E-state index is 12.1. The van der Waals surface area contributed by atoms with Gasteiger partial charge in [0.05, 0.1) is 6.04 Å². The molecule has 10 nitrogen and oxygen atoms in total. The smallest absolute Gasteiger partial charge is 0.300 e. The summed E-state index contributed by atoms with van der Waals surface area (Å²) in [6, 6.07) is 6.79. The molecule has 1 aliphatic heterocycles. The predicted molar refractivity (Wildman–Crippen MR) is 108 cm³/mol. The van der Waals surface area contributed by atoms with Crippen molar-refractivity contribution in [3.05, 3.63) is 40.2 Å². The summed E-state index contributed by atoms with van der Waals surface area (Å²) in [7, 11) is 0. The molecule has 3 rings (SSSR count). The normalized spacial score (nSPS) is 15.5. The van der Waals surface area contributed by atoms with Gasteiger partial charge in [0, 0.05) is 30.4 Å².